The zero-order valence-electron chi connectivity index (χ0n) is 33.3. The summed E-state index contributed by atoms with van der Waals surface area (Å²) in [7, 11) is 0. The van der Waals surface area contributed by atoms with E-state index in [1.807, 2.05) is 0 Å². The average Bonchev–Trinajstić information content (AvgIpc) is 3.19. The summed E-state index contributed by atoms with van der Waals surface area (Å²) >= 11 is 0. The standard InChI is InChI=1S/C52H52N2/c1-9-37-21-15-22-38(10-2)51(37)53(49-33(5)17-13-18-34(49)6)45-31-27-41-26-30-44-46(32-28-42-25-29-43(45)47(41)48(42)44)54(50-35(7)19-14-20-36(50)8)52-39(11-3)23-16-24-40(52)12-4/h13-32H,9-12H2,1-8H3. The highest BCUT2D eigenvalue weighted by molar-refractivity contribution is 6.28. The van der Waals surface area contributed by atoms with E-state index < -0.39 is 0 Å². The van der Waals surface area contributed by atoms with Gasteiger partial charge in [0.15, 0.2) is 0 Å². The summed E-state index contributed by atoms with van der Waals surface area (Å²) in [5.74, 6) is 0. The van der Waals surface area contributed by atoms with Crippen molar-refractivity contribution in [1.82, 2.24) is 0 Å². The smallest absolute Gasteiger partial charge is 0.0541 e. The van der Waals surface area contributed by atoms with E-state index in [0.29, 0.717) is 0 Å². The van der Waals surface area contributed by atoms with E-state index in [-0.39, 0.29) is 0 Å². The molecular formula is C52H52N2. The van der Waals surface area contributed by atoms with E-state index in [1.165, 1.54) is 111 Å². The Bertz CT molecular complexity index is 2390. The summed E-state index contributed by atoms with van der Waals surface area (Å²) in [4.78, 5) is 5.20. The van der Waals surface area contributed by atoms with Crippen LogP contribution in [0.1, 0.15) is 72.2 Å². The first kappa shape index (κ1) is 35.4. The van der Waals surface area contributed by atoms with E-state index in [1.54, 1.807) is 0 Å². The average molecular weight is 705 g/mol. The van der Waals surface area contributed by atoms with Gasteiger partial charge < -0.3 is 9.80 Å². The molecule has 0 spiro atoms. The SMILES string of the molecule is CCc1cccc(CC)c1N(c1c(C)cccc1C)c1ccc2ccc3c(N(c4c(C)cccc4C)c4c(CC)cccc4CC)ccc4ccc1c2c43. The predicted molar refractivity (Wildman–Crippen MR) is 236 cm³/mol. The Balaban J connectivity index is 1.49. The fourth-order valence-electron chi connectivity index (χ4n) is 9.19. The molecule has 0 aliphatic rings. The molecule has 0 saturated carbocycles. The number of nitrogens with zero attached hydrogens (tertiary/aromatic N) is 2. The third-order valence-corrected chi connectivity index (χ3v) is 11.8. The number of hydrogen-bond acceptors (Lipinski definition) is 2. The van der Waals surface area contributed by atoms with Gasteiger partial charge in [0.25, 0.3) is 0 Å². The molecule has 0 bridgehead atoms. The van der Waals surface area contributed by atoms with Gasteiger partial charge in [-0.05, 0) is 132 Å². The second kappa shape index (κ2) is 14.3. The summed E-state index contributed by atoms with van der Waals surface area (Å²) in [6.45, 7) is 18.2. The van der Waals surface area contributed by atoms with Crippen molar-refractivity contribution in [3.05, 3.63) is 166 Å². The van der Waals surface area contributed by atoms with Crippen molar-refractivity contribution >= 4 is 66.4 Å². The molecule has 0 N–H and O–H groups in total. The molecule has 0 unspecified atom stereocenters. The molecule has 0 atom stereocenters. The fraction of sp³-hybridized carbons (Fsp3) is 0.231. The van der Waals surface area contributed by atoms with Gasteiger partial charge in [0.1, 0.15) is 0 Å². The van der Waals surface area contributed by atoms with Crippen molar-refractivity contribution in [2.75, 3.05) is 9.80 Å². The van der Waals surface area contributed by atoms with E-state index in [2.05, 4.69) is 187 Å². The molecular weight excluding hydrogens is 653 g/mol. The predicted octanol–water partition coefficient (Wildman–Crippen LogP) is 15.0. The van der Waals surface area contributed by atoms with Gasteiger partial charge in [0.2, 0.25) is 0 Å². The number of para-hydroxylation sites is 4. The Kier molecular flexibility index (Phi) is 9.40. The molecule has 0 saturated heterocycles. The first-order chi connectivity index (χ1) is 26.3. The zero-order valence-corrected chi connectivity index (χ0v) is 33.3. The summed E-state index contributed by atoms with van der Waals surface area (Å²) < 4.78 is 0. The van der Waals surface area contributed by atoms with Gasteiger partial charge >= 0.3 is 0 Å². The van der Waals surface area contributed by atoms with E-state index in [9.17, 15) is 0 Å². The van der Waals surface area contributed by atoms with Crippen molar-refractivity contribution < 1.29 is 0 Å². The molecule has 54 heavy (non-hydrogen) atoms. The minimum Gasteiger partial charge on any atom is -0.309 e. The lowest BCUT2D eigenvalue weighted by Gasteiger charge is -2.34. The highest BCUT2D eigenvalue weighted by atomic mass is 15.2. The van der Waals surface area contributed by atoms with Gasteiger partial charge in [0.05, 0.1) is 34.1 Å². The lowest BCUT2D eigenvalue weighted by Crippen LogP contribution is -2.17. The number of hydrogen-bond donors (Lipinski definition) is 0. The van der Waals surface area contributed by atoms with Crippen LogP contribution in [-0.4, -0.2) is 0 Å². The number of benzene rings is 8. The van der Waals surface area contributed by atoms with Crippen LogP contribution in [0.15, 0.2) is 121 Å². The van der Waals surface area contributed by atoms with Crippen LogP contribution in [0.2, 0.25) is 0 Å². The third-order valence-electron chi connectivity index (χ3n) is 11.8. The third kappa shape index (κ3) is 5.62. The first-order valence-electron chi connectivity index (χ1n) is 20.0. The van der Waals surface area contributed by atoms with E-state index in [0.717, 1.165) is 25.7 Å². The van der Waals surface area contributed by atoms with Crippen LogP contribution in [-0.2, 0) is 25.7 Å². The lowest BCUT2D eigenvalue weighted by molar-refractivity contribution is 1.06. The topological polar surface area (TPSA) is 6.48 Å². The maximum absolute atomic E-state index is 2.60. The molecule has 8 aromatic carbocycles. The number of anilines is 6. The van der Waals surface area contributed by atoms with Crippen LogP contribution in [0.5, 0.6) is 0 Å². The Labute approximate surface area is 322 Å². The monoisotopic (exact) mass is 704 g/mol. The molecule has 0 heterocycles. The number of aryl methyl sites for hydroxylation is 8. The largest absolute Gasteiger partial charge is 0.309 e. The van der Waals surface area contributed by atoms with Crippen LogP contribution in [0.25, 0.3) is 32.3 Å². The normalized spacial score (nSPS) is 11.6. The molecule has 0 aromatic heterocycles. The van der Waals surface area contributed by atoms with Crippen LogP contribution >= 0.6 is 0 Å². The van der Waals surface area contributed by atoms with Gasteiger partial charge in [-0.3, -0.25) is 0 Å². The maximum atomic E-state index is 2.60. The Morgan fingerprint density at radius 1 is 0.333 bits per heavy atom. The van der Waals surface area contributed by atoms with Gasteiger partial charge in [-0.1, -0.05) is 137 Å². The Morgan fingerprint density at radius 2 is 0.630 bits per heavy atom. The quantitative estimate of drug-likeness (QED) is 0.131. The van der Waals surface area contributed by atoms with Gasteiger partial charge in [-0.25, -0.2) is 0 Å². The Hall–Kier alpha value is -5.60. The van der Waals surface area contributed by atoms with Crippen LogP contribution in [0, 0.1) is 27.7 Å². The minimum absolute atomic E-state index is 0.965. The van der Waals surface area contributed by atoms with Crippen molar-refractivity contribution in [2.24, 2.45) is 0 Å². The van der Waals surface area contributed by atoms with Crippen molar-refractivity contribution in [1.29, 1.82) is 0 Å². The van der Waals surface area contributed by atoms with Crippen LogP contribution in [0.4, 0.5) is 34.1 Å². The summed E-state index contributed by atoms with van der Waals surface area (Å²) in [5.41, 5.74) is 18.2. The molecule has 0 fully saturated rings. The highest BCUT2D eigenvalue weighted by Gasteiger charge is 2.27. The van der Waals surface area contributed by atoms with Gasteiger partial charge in [-0.2, -0.15) is 0 Å². The molecule has 8 aromatic rings. The minimum atomic E-state index is 0.965. The molecule has 0 aliphatic carbocycles. The second-order valence-electron chi connectivity index (χ2n) is 15.0. The summed E-state index contributed by atoms with van der Waals surface area (Å²) in [5, 5.41) is 7.75. The van der Waals surface area contributed by atoms with Crippen LogP contribution < -0.4 is 9.80 Å². The first-order valence-corrected chi connectivity index (χ1v) is 20.0. The molecule has 0 aliphatic heterocycles. The molecule has 270 valence electrons. The molecule has 8 rings (SSSR count). The van der Waals surface area contributed by atoms with E-state index >= 15 is 0 Å². The lowest BCUT2D eigenvalue weighted by atomic mass is 9.90. The maximum Gasteiger partial charge on any atom is 0.0541 e. The molecule has 2 heteroatoms. The highest BCUT2D eigenvalue weighted by Crippen LogP contribution is 2.51. The summed E-state index contributed by atoms with van der Waals surface area (Å²) in [6.07, 6.45) is 3.86. The fourth-order valence-corrected chi connectivity index (χ4v) is 9.19. The Morgan fingerprint density at radius 3 is 0.944 bits per heavy atom. The van der Waals surface area contributed by atoms with Crippen molar-refractivity contribution in [3.63, 3.8) is 0 Å². The zero-order chi connectivity index (χ0) is 37.7. The molecule has 0 amide bonds. The van der Waals surface area contributed by atoms with Crippen molar-refractivity contribution in [2.45, 2.75) is 81.1 Å². The van der Waals surface area contributed by atoms with Gasteiger partial charge in [0, 0.05) is 10.8 Å². The molecule has 0 radical (unpaired) electrons. The van der Waals surface area contributed by atoms with Gasteiger partial charge in [-0.15, -0.1) is 0 Å². The van der Waals surface area contributed by atoms with E-state index in [4.69, 9.17) is 0 Å². The summed E-state index contributed by atoms with van der Waals surface area (Å²) in [6, 6.07) is 46.1. The number of rotatable bonds is 10. The molecule has 2 nitrogen and oxygen atoms in total. The van der Waals surface area contributed by atoms with Crippen molar-refractivity contribution in [3.8, 4) is 0 Å². The second-order valence-corrected chi connectivity index (χ2v) is 15.0. The van der Waals surface area contributed by atoms with Crippen LogP contribution in [0.3, 0.4) is 0 Å².